The molecule has 2 rings (SSSR count). The summed E-state index contributed by atoms with van der Waals surface area (Å²) >= 11 is 9.51. The SMILES string of the molecule is Cc1cc(OCc2ccccc2Cl)c(Br)cc1N. The van der Waals surface area contributed by atoms with E-state index in [2.05, 4.69) is 15.9 Å². The van der Waals surface area contributed by atoms with Gasteiger partial charge in [-0.05, 0) is 46.6 Å². The molecule has 0 fully saturated rings. The van der Waals surface area contributed by atoms with Crippen molar-refractivity contribution in [3.8, 4) is 5.75 Å². The lowest BCUT2D eigenvalue weighted by Crippen LogP contribution is -1.98. The normalized spacial score (nSPS) is 10.4. The number of hydrogen-bond acceptors (Lipinski definition) is 2. The van der Waals surface area contributed by atoms with Crippen LogP contribution in [0.3, 0.4) is 0 Å². The monoisotopic (exact) mass is 325 g/mol. The lowest BCUT2D eigenvalue weighted by atomic mass is 10.2. The highest BCUT2D eigenvalue weighted by molar-refractivity contribution is 9.10. The number of nitrogen functional groups attached to an aromatic ring is 1. The van der Waals surface area contributed by atoms with E-state index in [-0.39, 0.29) is 0 Å². The van der Waals surface area contributed by atoms with Crippen LogP contribution in [0.4, 0.5) is 5.69 Å². The van der Waals surface area contributed by atoms with E-state index >= 15 is 0 Å². The van der Waals surface area contributed by atoms with Crippen LogP contribution in [0.1, 0.15) is 11.1 Å². The summed E-state index contributed by atoms with van der Waals surface area (Å²) in [6.07, 6.45) is 0. The van der Waals surface area contributed by atoms with Crippen LogP contribution in [-0.2, 0) is 6.61 Å². The molecule has 2 aromatic rings. The highest BCUT2D eigenvalue weighted by Gasteiger charge is 2.06. The Labute approximate surface area is 120 Å². The summed E-state index contributed by atoms with van der Waals surface area (Å²) in [6, 6.07) is 11.4. The van der Waals surface area contributed by atoms with Crippen LogP contribution in [0.25, 0.3) is 0 Å². The molecule has 0 heterocycles. The molecule has 94 valence electrons. The fourth-order valence-electron chi connectivity index (χ4n) is 1.55. The minimum Gasteiger partial charge on any atom is -0.488 e. The average Bonchev–Trinajstić information content (AvgIpc) is 2.34. The summed E-state index contributed by atoms with van der Waals surface area (Å²) < 4.78 is 6.60. The fraction of sp³-hybridized carbons (Fsp3) is 0.143. The topological polar surface area (TPSA) is 35.2 Å². The number of halogens is 2. The van der Waals surface area contributed by atoms with Crippen molar-refractivity contribution in [1.82, 2.24) is 0 Å². The second-order valence-corrected chi connectivity index (χ2v) is 5.28. The van der Waals surface area contributed by atoms with Crippen molar-refractivity contribution < 1.29 is 4.74 Å². The van der Waals surface area contributed by atoms with Crippen LogP contribution in [0.5, 0.6) is 5.75 Å². The number of hydrogen-bond donors (Lipinski definition) is 1. The zero-order chi connectivity index (χ0) is 13.1. The summed E-state index contributed by atoms with van der Waals surface area (Å²) in [5.74, 6) is 0.765. The van der Waals surface area contributed by atoms with Gasteiger partial charge in [-0.25, -0.2) is 0 Å². The third kappa shape index (κ3) is 2.98. The van der Waals surface area contributed by atoms with E-state index in [1.165, 1.54) is 0 Å². The van der Waals surface area contributed by atoms with E-state index in [0.717, 1.165) is 27.0 Å². The molecular weight excluding hydrogens is 314 g/mol. The molecule has 0 saturated carbocycles. The summed E-state index contributed by atoms with van der Waals surface area (Å²) in [5, 5.41) is 0.709. The van der Waals surface area contributed by atoms with Gasteiger partial charge >= 0.3 is 0 Å². The van der Waals surface area contributed by atoms with Crippen molar-refractivity contribution in [2.45, 2.75) is 13.5 Å². The molecule has 0 atom stereocenters. The summed E-state index contributed by atoms with van der Waals surface area (Å²) in [7, 11) is 0. The van der Waals surface area contributed by atoms with Gasteiger partial charge in [-0.3, -0.25) is 0 Å². The molecule has 2 N–H and O–H groups in total. The zero-order valence-corrected chi connectivity index (χ0v) is 12.3. The maximum absolute atomic E-state index is 6.08. The van der Waals surface area contributed by atoms with E-state index in [1.54, 1.807) is 0 Å². The van der Waals surface area contributed by atoms with Gasteiger partial charge in [-0.2, -0.15) is 0 Å². The van der Waals surface area contributed by atoms with E-state index in [1.807, 2.05) is 43.3 Å². The Balaban J connectivity index is 2.16. The number of nitrogens with two attached hydrogens (primary N) is 1. The molecule has 0 aliphatic carbocycles. The predicted octanol–water partition coefficient (Wildman–Crippen LogP) is 4.57. The maximum atomic E-state index is 6.08. The van der Waals surface area contributed by atoms with Crippen LogP contribution in [0.2, 0.25) is 5.02 Å². The molecule has 2 aromatic carbocycles. The molecule has 0 amide bonds. The molecule has 0 aliphatic heterocycles. The van der Waals surface area contributed by atoms with Crippen LogP contribution in [-0.4, -0.2) is 0 Å². The lowest BCUT2D eigenvalue weighted by molar-refractivity contribution is 0.304. The molecule has 0 aromatic heterocycles. The van der Waals surface area contributed by atoms with Gasteiger partial charge in [0, 0.05) is 16.3 Å². The first-order chi connectivity index (χ1) is 8.58. The smallest absolute Gasteiger partial charge is 0.134 e. The van der Waals surface area contributed by atoms with E-state index in [0.29, 0.717) is 11.6 Å². The third-order valence-electron chi connectivity index (χ3n) is 2.66. The Hall–Kier alpha value is -1.19. The highest BCUT2D eigenvalue weighted by Crippen LogP contribution is 2.30. The van der Waals surface area contributed by atoms with E-state index in [9.17, 15) is 0 Å². The zero-order valence-electron chi connectivity index (χ0n) is 9.91. The van der Waals surface area contributed by atoms with E-state index < -0.39 is 0 Å². The summed E-state index contributed by atoms with van der Waals surface area (Å²) in [6.45, 7) is 2.38. The van der Waals surface area contributed by atoms with Gasteiger partial charge in [0.15, 0.2) is 0 Å². The first-order valence-corrected chi connectivity index (χ1v) is 6.67. The minimum absolute atomic E-state index is 0.432. The minimum atomic E-state index is 0.432. The molecule has 0 radical (unpaired) electrons. The lowest BCUT2D eigenvalue weighted by Gasteiger charge is -2.11. The highest BCUT2D eigenvalue weighted by atomic mass is 79.9. The van der Waals surface area contributed by atoms with Crippen molar-refractivity contribution in [3.63, 3.8) is 0 Å². The first kappa shape index (κ1) is 13.2. The largest absolute Gasteiger partial charge is 0.488 e. The van der Waals surface area contributed by atoms with Crippen molar-refractivity contribution in [1.29, 1.82) is 0 Å². The Morgan fingerprint density at radius 1 is 1.28 bits per heavy atom. The Morgan fingerprint density at radius 3 is 2.72 bits per heavy atom. The number of anilines is 1. The van der Waals surface area contributed by atoms with Crippen LogP contribution in [0.15, 0.2) is 40.9 Å². The van der Waals surface area contributed by atoms with Gasteiger partial charge in [0.2, 0.25) is 0 Å². The van der Waals surface area contributed by atoms with Gasteiger partial charge < -0.3 is 10.5 Å². The van der Waals surface area contributed by atoms with Crippen LogP contribution < -0.4 is 10.5 Å². The standard InChI is InChI=1S/C14H13BrClNO/c1-9-6-14(11(15)7-13(9)17)18-8-10-4-2-3-5-12(10)16/h2-7H,8,17H2,1H3. The molecule has 2 nitrogen and oxygen atoms in total. The molecule has 18 heavy (non-hydrogen) atoms. The molecule has 4 heteroatoms. The molecule has 0 unspecified atom stereocenters. The summed E-state index contributed by atoms with van der Waals surface area (Å²) in [4.78, 5) is 0. The van der Waals surface area contributed by atoms with Gasteiger partial charge in [0.25, 0.3) is 0 Å². The fourth-order valence-corrected chi connectivity index (χ4v) is 2.22. The Morgan fingerprint density at radius 2 is 2.00 bits per heavy atom. The van der Waals surface area contributed by atoms with Crippen LogP contribution >= 0.6 is 27.5 Å². The maximum Gasteiger partial charge on any atom is 0.134 e. The Bertz CT molecular complexity index is 572. The first-order valence-electron chi connectivity index (χ1n) is 5.50. The molecule has 0 aliphatic rings. The van der Waals surface area contributed by atoms with Crippen LogP contribution in [0, 0.1) is 6.92 Å². The second-order valence-electron chi connectivity index (χ2n) is 4.02. The number of aryl methyl sites for hydroxylation is 1. The quantitative estimate of drug-likeness (QED) is 0.838. The number of ether oxygens (including phenoxy) is 1. The van der Waals surface area contributed by atoms with Crippen molar-refractivity contribution >= 4 is 33.2 Å². The molecule has 0 bridgehead atoms. The van der Waals surface area contributed by atoms with Crippen molar-refractivity contribution in [2.75, 3.05) is 5.73 Å². The van der Waals surface area contributed by atoms with Gasteiger partial charge in [-0.1, -0.05) is 29.8 Å². The van der Waals surface area contributed by atoms with E-state index in [4.69, 9.17) is 22.1 Å². The molecular formula is C14H13BrClNO. The van der Waals surface area contributed by atoms with Gasteiger partial charge in [-0.15, -0.1) is 0 Å². The predicted molar refractivity (Wildman–Crippen MR) is 79.1 cm³/mol. The van der Waals surface area contributed by atoms with Crippen molar-refractivity contribution in [3.05, 3.63) is 57.0 Å². The molecule has 0 spiro atoms. The summed E-state index contributed by atoms with van der Waals surface area (Å²) in [5.41, 5.74) is 8.51. The number of rotatable bonds is 3. The Kier molecular flexibility index (Phi) is 4.15. The van der Waals surface area contributed by atoms with Gasteiger partial charge in [0.05, 0.1) is 4.47 Å². The second kappa shape index (κ2) is 5.63. The van der Waals surface area contributed by atoms with Crippen molar-refractivity contribution in [2.24, 2.45) is 0 Å². The number of benzene rings is 2. The van der Waals surface area contributed by atoms with Gasteiger partial charge in [0.1, 0.15) is 12.4 Å². The third-order valence-corrected chi connectivity index (χ3v) is 3.65. The average molecular weight is 327 g/mol. The molecule has 0 saturated heterocycles.